The third-order valence-electron chi connectivity index (χ3n) is 6.96. The summed E-state index contributed by atoms with van der Waals surface area (Å²) in [7, 11) is 0. The molecule has 7 heteroatoms. The first kappa shape index (κ1) is 25.9. The Labute approximate surface area is 211 Å². The Kier molecular flexibility index (Phi) is 8.44. The van der Waals surface area contributed by atoms with Crippen molar-refractivity contribution in [3.63, 3.8) is 0 Å². The number of halogens is 2. The van der Waals surface area contributed by atoms with Gasteiger partial charge in [0.1, 0.15) is 11.6 Å². The molecule has 1 saturated carbocycles. The summed E-state index contributed by atoms with van der Waals surface area (Å²) in [6.07, 6.45) is 6.06. The molecule has 0 aliphatic heterocycles. The number of pyridine rings is 1. The number of benzene rings is 2. The maximum Gasteiger partial charge on any atom is 0.217 e. The largest absolute Gasteiger partial charge is 0.390 e. The van der Waals surface area contributed by atoms with Crippen LogP contribution in [0.3, 0.4) is 0 Å². The van der Waals surface area contributed by atoms with Crippen LogP contribution >= 0.6 is 0 Å². The van der Waals surface area contributed by atoms with Crippen LogP contribution in [0, 0.1) is 11.6 Å². The Bertz CT molecular complexity index is 1150. The zero-order chi connectivity index (χ0) is 25.5. The number of nitrogens with zero attached hydrogens (tertiary/aromatic N) is 1. The highest BCUT2D eigenvalue weighted by Crippen LogP contribution is 2.38. The van der Waals surface area contributed by atoms with E-state index in [2.05, 4.69) is 27.8 Å². The lowest BCUT2D eigenvalue weighted by atomic mass is 9.76. The van der Waals surface area contributed by atoms with Gasteiger partial charge in [-0.1, -0.05) is 43.5 Å². The van der Waals surface area contributed by atoms with Gasteiger partial charge < -0.3 is 15.7 Å². The highest BCUT2D eigenvalue weighted by Gasteiger charge is 2.35. The van der Waals surface area contributed by atoms with Crippen LogP contribution in [0.15, 0.2) is 66.9 Å². The van der Waals surface area contributed by atoms with Crippen molar-refractivity contribution in [1.82, 2.24) is 15.6 Å². The number of carbonyl (C=O) groups is 1. The molecule has 0 radical (unpaired) electrons. The van der Waals surface area contributed by atoms with Crippen molar-refractivity contribution in [1.29, 1.82) is 0 Å². The van der Waals surface area contributed by atoms with Crippen LogP contribution in [0.5, 0.6) is 0 Å². The van der Waals surface area contributed by atoms with Gasteiger partial charge in [-0.3, -0.25) is 9.78 Å². The molecule has 1 aromatic heterocycles. The molecule has 4 rings (SSSR count). The summed E-state index contributed by atoms with van der Waals surface area (Å²) in [6, 6.07) is 16.7. The van der Waals surface area contributed by atoms with E-state index in [-0.39, 0.29) is 24.4 Å². The lowest BCUT2D eigenvalue weighted by Gasteiger charge is -2.40. The van der Waals surface area contributed by atoms with Crippen molar-refractivity contribution >= 4 is 5.91 Å². The second kappa shape index (κ2) is 11.7. The number of aliphatic hydroxyl groups is 1. The van der Waals surface area contributed by atoms with Gasteiger partial charge in [0.05, 0.1) is 17.8 Å². The minimum Gasteiger partial charge on any atom is -0.390 e. The Morgan fingerprint density at radius 1 is 1.03 bits per heavy atom. The molecule has 190 valence electrons. The molecular formula is C29H33F2N3O2. The number of nitrogens with one attached hydrogen (secondary N) is 2. The molecule has 36 heavy (non-hydrogen) atoms. The molecule has 1 fully saturated rings. The maximum atomic E-state index is 13.7. The summed E-state index contributed by atoms with van der Waals surface area (Å²) >= 11 is 0. The van der Waals surface area contributed by atoms with Crippen LogP contribution in [0.1, 0.15) is 50.2 Å². The van der Waals surface area contributed by atoms with Gasteiger partial charge in [-0.2, -0.15) is 0 Å². The lowest BCUT2D eigenvalue weighted by Crippen LogP contribution is -2.53. The van der Waals surface area contributed by atoms with E-state index in [1.165, 1.54) is 19.1 Å². The van der Waals surface area contributed by atoms with Gasteiger partial charge >= 0.3 is 0 Å². The Morgan fingerprint density at radius 3 is 2.44 bits per heavy atom. The zero-order valence-corrected chi connectivity index (χ0v) is 20.5. The van der Waals surface area contributed by atoms with Crippen LogP contribution in [0.4, 0.5) is 8.78 Å². The van der Waals surface area contributed by atoms with E-state index in [4.69, 9.17) is 0 Å². The molecule has 0 spiro atoms. The minimum absolute atomic E-state index is 0.110. The average Bonchev–Trinajstić information content (AvgIpc) is 2.87. The molecule has 0 bridgehead atoms. The van der Waals surface area contributed by atoms with Gasteiger partial charge in [0.25, 0.3) is 0 Å². The summed E-state index contributed by atoms with van der Waals surface area (Å²) in [5.74, 6) is -1.69. The van der Waals surface area contributed by atoms with Gasteiger partial charge in [0.2, 0.25) is 5.91 Å². The van der Waals surface area contributed by atoms with Gasteiger partial charge in [0.15, 0.2) is 0 Å². The summed E-state index contributed by atoms with van der Waals surface area (Å²) in [6.45, 7) is 1.58. The third kappa shape index (κ3) is 6.53. The number of hydrogen-bond acceptors (Lipinski definition) is 4. The van der Waals surface area contributed by atoms with E-state index in [0.717, 1.165) is 55.0 Å². The number of rotatable bonds is 9. The first-order valence-electron chi connectivity index (χ1n) is 12.5. The summed E-state index contributed by atoms with van der Waals surface area (Å²) in [4.78, 5) is 16.3. The molecule has 3 aromatic rings. The van der Waals surface area contributed by atoms with Crippen molar-refractivity contribution in [3.8, 4) is 11.3 Å². The SMILES string of the molecule is CC(=O)NC(Cc1cc(F)cc(F)c1)C(O)CNC1(c2cccc(-c3ccccn3)c2)CCCCC1. The molecule has 1 amide bonds. The lowest BCUT2D eigenvalue weighted by molar-refractivity contribution is -0.120. The normalized spacial score (nSPS) is 16.8. The van der Waals surface area contributed by atoms with Crippen LogP contribution in [-0.4, -0.2) is 34.7 Å². The van der Waals surface area contributed by atoms with E-state index in [1.54, 1.807) is 6.20 Å². The molecule has 5 nitrogen and oxygen atoms in total. The van der Waals surface area contributed by atoms with Crippen LogP contribution < -0.4 is 10.6 Å². The molecule has 2 aromatic carbocycles. The molecular weight excluding hydrogens is 460 g/mol. The maximum absolute atomic E-state index is 13.7. The van der Waals surface area contributed by atoms with Crippen LogP contribution in [0.2, 0.25) is 0 Å². The van der Waals surface area contributed by atoms with E-state index in [9.17, 15) is 18.7 Å². The van der Waals surface area contributed by atoms with Gasteiger partial charge in [-0.15, -0.1) is 0 Å². The van der Waals surface area contributed by atoms with Gasteiger partial charge in [0, 0.05) is 36.8 Å². The first-order valence-corrected chi connectivity index (χ1v) is 12.5. The first-order chi connectivity index (χ1) is 17.3. The second-order valence-corrected chi connectivity index (χ2v) is 9.68. The second-order valence-electron chi connectivity index (χ2n) is 9.68. The highest BCUT2D eigenvalue weighted by molar-refractivity contribution is 5.73. The third-order valence-corrected chi connectivity index (χ3v) is 6.96. The van der Waals surface area contributed by atoms with Crippen molar-refractivity contribution in [2.45, 2.75) is 63.1 Å². The highest BCUT2D eigenvalue weighted by atomic mass is 19.1. The molecule has 1 aliphatic rings. The number of aliphatic hydroxyl groups excluding tert-OH is 1. The van der Waals surface area contributed by atoms with Crippen molar-refractivity contribution in [2.75, 3.05) is 6.54 Å². The zero-order valence-electron chi connectivity index (χ0n) is 20.5. The number of hydrogen-bond donors (Lipinski definition) is 3. The summed E-state index contributed by atoms with van der Waals surface area (Å²) in [5.41, 5.74) is 3.13. The summed E-state index contributed by atoms with van der Waals surface area (Å²) < 4.78 is 27.4. The van der Waals surface area contributed by atoms with Crippen molar-refractivity contribution in [2.24, 2.45) is 0 Å². The number of carbonyl (C=O) groups excluding carboxylic acids is 1. The van der Waals surface area contributed by atoms with Crippen molar-refractivity contribution in [3.05, 3.63) is 89.6 Å². The van der Waals surface area contributed by atoms with E-state index >= 15 is 0 Å². The topological polar surface area (TPSA) is 74.2 Å². The van der Waals surface area contributed by atoms with Crippen LogP contribution in [0.25, 0.3) is 11.3 Å². The molecule has 1 heterocycles. The Hall–Kier alpha value is -3.16. The monoisotopic (exact) mass is 493 g/mol. The number of amides is 1. The van der Waals surface area contributed by atoms with E-state index in [0.29, 0.717) is 5.56 Å². The minimum atomic E-state index is -0.960. The quantitative estimate of drug-likeness (QED) is 0.397. The average molecular weight is 494 g/mol. The standard InChI is InChI=1S/C29H33F2N3O2/c1-20(35)34-27(16-21-14-24(30)18-25(31)15-21)28(36)19-33-29(11-4-2-5-12-29)23-9-7-8-22(17-23)26-10-3-6-13-32-26/h3,6-10,13-15,17-18,27-28,33,36H,2,4-5,11-12,16,19H2,1H3,(H,34,35). The van der Waals surface area contributed by atoms with E-state index < -0.39 is 23.8 Å². The summed E-state index contributed by atoms with van der Waals surface area (Å²) in [5, 5.41) is 17.5. The van der Waals surface area contributed by atoms with Crippen LogP contribution in [-0.2, 0) is 16.8 Å². The van der Waals surface area contributed by atoms with Gasteiger partial charge in [-0.05, 0) is 60.7 Å². The Morgan fingerprint density at radius 2 is 1.78 bits per heavy atom. The smallest absolute Gasteiger partial charge is 0.217 e. The Balaban J connectivity index is 1.54. The fourth-order valence-electron chi connectivity index (χ4n) is 5.20. The molecule has 1 aliphatic carbocycles. The predicted molar refractivity (Wildman–Crippen MR) is 136 cm³/mol. The van der Waals surface area contributed by atoms with Crippen molar-refractivity contribution < 1.29 is 18.7 Å². The molecule has 0 saturated heterocycles. The number of aromatic nitrogens is 1. The fourth-order valence-corrected chi connectivity index (χ4v) is 5.20. The molecule has 3 N–H and O–H groups in total. The van der Waals surface area contributed by atoms with E-state index in [1.807, 2.05) is 30.3 Å². The predicted octanol–water partition coefficient (Wildman–Crippen LogP) is 4.88. The molecule has 2 atom stereocenters. The fraction of sp³-hybridized carbons (Fsp3) is 0.379. The molecule has 2 unspecified atom stereocenters. The van der Waals surface area contributed by atoms with Gasteiger partial charge in [-0.25, -0.2) is 8.78 Å².